The van der Waals surface area contributed by atoms with Crippen molar-refractivity contribution in [2.45, 2.75) is 96.7 Å². The highest BCUT2D eigenvalue weighted by Gasteiger charge is 2.44. The topological polar surface area (TPSA) is 37.8 Å². The highest BCUT2D eigenvalue weighted by molar-refractivity contribution is 7.06. The molecule has 5 nitrogen and oxygen atoms in total. The molecule has 1 saturated carbocycles. The van der Waals surface area contributed by atoms with Gasteiger partial charge in [-0.3, -0.25) is 4.90 Å². The number of hydrogen-bond donors (Lipinski definition) is 0. The second-order valence-electron chi connectivity index (χ2n) is 11.8. The fourth-order valence-electron chi connectivity index (χ4n) is 7.65. The molecule has 3 heterocycles. The predicted octanol–water partition coefficient (Wildman–Crippen LogP) is 5.83. The van der Waals surface area contributed by atoms with Gasteiger partial charge in [-0.05, 0) is 101 Å². The Morgan fingerprint density at radius 2 is 1.83 bits per heavy atom. The molecule has 5 atom stereocenters. The van der Waals surface area contributed by atoms with Gasteiger partial charge in [0.1, 0.15) is 11.6 Å². The SMILES string of the molecule is CC1OC2=C(CCC(OCCCCN3CCN(c4nsc5c4CCCC5)CC3)C2C)C2CCCC12. The maximum Gasteiger partial charge on any atom is 0.145 e. The van der Waals surface area contributed by atoms with Crippen LogP contribution in [0.2, 0.25) is 0 Å². The summed E-state index contributed by atoms with van der Waals surface area (Å²) < 4.78 is 17.8. The summed E-state index contributed by atoms with van der Waals surface area (Å²) in [5.74, 6) is 4.63. The molecule has 5 unspecified atom stereocenters. The van der Waals surface area contributed by atoms with Crippen LogP contribution in [-0.2, 0) is 22.3 Å². The van der Waals surface area contributed by atoms with Crippen LogP contribution in [-0.4, -0.2) is 60.8 Å². The van der Waals surface area contributed by atoms with Crippen molar-refractivity contribution < 1.29 is 9.47 Å². The van der Waals surface area contributed by atoms with E-state index in [1.165, 1.54) is 95.4 Å². The third-order valence-electron chi connectivity index (χ3n) is 9.72. The Bertz CT molecular complexity index is 906. The fourth-order valence-corrected chi connectivity index (χ4v) is 8.62. The van der Waals surface area contributed by atoms with Crippen molar-refractivity contribution >= 4 is 17.4 Å². The Morgan fingerprint density at radius 1 is 0.971 bits per heavy atom. The quantitative estimate of drug-likeness (QED) is 0.442. The number of nitrogens with zero attached hydrogens (tertiary/aromatic N) is 3. The van der Waals surface area contributed by atoms with Gasteiger partial charge in [-0.2, -0.15) is 4.37 Å². The summed E-state index contributed by atoms with van der Waals surface area (Å²) in [5.41, 5.74) is 3.23. The largest absolute Gasteiger partial charge is 0.494 e. The van der Waals surface area contributed by atoms with E-state index in [-0.39, 0.29) is 0 Å². The highest BCUT2D eigenvalue weighted by Crippen LogP contribution is 2.50. The van der Waals surface area contributed by atoms with E-state index in [4.69, 9.17) is 13.8 Å². The number of piperazine rings is 1. The van der Waals surface area contributed by atoms with E-state index < -0.39 is 0 Å². The molecule has 0 bridgehead atoms. The summed E-state index contributed by atoms with van der Waals surface area (Å²) >= 11 is 1.76. The molecule has 5 aliphatic rings. The lowest BCUT2D eigenvalue weighted by molar-refractivity contribution is -0.0407. The normalized spacial score (nSPS) is 33.3. The minimum absolute atomic E-state index is 0.339. The van der Waals surface area contributed by atoms with Crippen LogP contribution in [0.5, 0.6) is 0 Å². The first-order valence-electron chi connectivity index (χ1n) is 14.6. The monoisotopic (exact) mass is 499 g/mol. The van der Waals surface area contributed by atoms with Crippen molar-refractivity contribution in [1.29, 1.82) is 0 Å². The summed E-state index contributed by atoms with van der Waals surface area (Å²) in [6, 6.07) is 0. The molecule has 0 radical (unpaired) electrons. The molecule has 2 fully saturated rings. The van der Waals surface area contributed by atoms with Gasteiger partial charge < -0.3 is 14.4 Å². The maximum absolute atomic E-state index is 6.50. The zero-order chi connectivity index (χ0) is 23.8. The third-order valence-corrected chi connectivity index (χ3v) is 10.7. The van der Waals surface area contributed by atoms with Crippen LogP contribution < -0.4 is 4.90 Å². The molecule has 0 amide bonds. The molecule has 0 N–H and O–H groups in total. The Balaban J connectivity index is 0.911. The van der Waals surface area contributed by atoms with E-state index >= 15 is 0 Å². The molecule has 1 aromatic rings. The van der Waals surface area contributed by atoms with Crippen LogP contribution in [0.15, 0.2) is 11.3 Å². The van der Waals surface area contributed by atoms with Crippen LogP contribution in [0.4, 0.5) is 5.82 Å². The van der Waals surface area contributed by atoms with Gasteiger partial charge >= 0.3 is 0 Å². The van der Waals surface area contributed by atoms with Gasteiger partial charge in [0.2, 0.25) is 0 Å². The molecule has 6 heteroatoms. The van der Waals surface area contributed by atoms with Crippen LogP contribution in [0, 0.1) is 17.8 Å². The molecule has 194 valence electrons. The van der Waals surface area contributed by atoms with Crippen LogP contribution >= 0.6 is 11.5 Å². The van der Waals surface area contributed by atoms with Gasteiger partial charge in [-0.15, -0.1) is 0 Å². The molecule has 6 rings (SSSR count). The first-order valence-corrected chi connectivity index (χ1v) is 15.4. The smallest absolute Gasteiger partial charge is 0.145 e. The molecule has 0 spiro atoms. The van der Waals surface area contributed by atoms with Crippen LogP contribution in [0.3, 0.4) is 0 Å². The van der Waals surface area contributed by atoms with Crippen molar-refractivity contribution in [2.75, 3.05) is 44.2 Å². The predicted molar refractivity (Wildman–Crippen MR) is 143 cm³/mol. The van der Waals surface area contributed by atoms with E-state index in [9.17, 15) is 0 Å². The van der Waals surface area contributed by atoms with E-state index in [2.05, 4.69) is 23.6 Å². The van der Waals surface area contributed by atoms with Gasteiger partial charge in [0, 0.05) is 55.1 Å². The van der Waals surface area contributed by atoms with E-state index in [0.29, 0.717) is 18.1 Å². The second-order valence-corrected chi connectivity index (χ2v) is 12.7. The van der Waals surface area contributed by atoms with Gasteiger partial charge in [0.05, 0.1) is 12.2 Å². The molecule has 3 aliphatic carbocycles. The van der Waals surface area contributed by atoms with E-state index in [1.54, 1.807) is 27.5 Å². The van der Waals surface area contributed by atoms with Gasteiger partial charge in [0.25, 0.3) is 0 Å². The lowest BCUT2D eigenvalue weighted by Crippen LogP contribution is -2.47. The third kappa shape index (κ3) is 4.92. The Morgan fingerprint density at radius 3 is 2.71 bits per heavy atom. The summed E-state index contributed by atoms with van der Waals surface area (Å²) in [6.45, 7) is 11.3. The van der Waals surface area contributed by atoms with Gasteiger partial charge in [0.15, 0.2) is 0 Å². The summed E-state index contributed by atoms with van der Waals surface area (Å²) in [7, 11) is 0. The Hall–Kier alpha value is -1.11. The fraction of sp³-hybridized carbons (Fsp3) is 0.828. The van der Waals surface area contributed by atoms with E-state index in [1.807, 2.05) is 0 Å². The molecule has 1 saturated heterocycles. The number of ether oxygens (including phenoxy) is 2. The maximum atomic E-state index is 6.50. The van der Waals surface area contributed by atoms with Crippen LogP contribution in [0.25, 0.3) is 0 Å². The standard InChI is InChI=1S/C29H45N3O2S/c1-20-26(13-12-24-23-10-7-9-22(23)21(2)34-28(20)24)33-19-6-5-14-31-15-17-32(18-16-31)29-25-8-3-4-11-27(25)35-30-29/h20-23,26H,3-19H2,1-2H3. The van der Waals surface area contributed by atoms with E-state index in [0.717, 1.165) is 38.0 Å². The second kappa shape index (κ2) is 10.7. The zero-order valence-electron chi connectivity index (χ0n) is 22.0. The van der Waals surface area contributed by atoms with Crippen molar-refractivity contribution in [3.05, 3.63) is 21.8 Å². The zero-order valence-corrected chi connectivity index (χ0v) is 22.8. The minimum Gasteiger partial charge on any atom is -0.494 e. The van der Waals surface area contributed by atoms with Crippen LogP contribution in [0.1, 0.15) is 82.1 Å². The van der Waals surface area contributed by atoms with Crippen molar-refractivity contribution in [3.63, 3.8) is 0 Å². The molecular weight excluding hydrogens is 454 g/mol. The number of hydrogen-bond acceptors (Lipinski definition) is 6. The van der Waals surface area contributed by atoms with Crippen molar-refractivity contribution in [1.82, 2.24) is 9.27 Å². The summed E-state index contributed by atoms with van der Waals surface area (Å²) in [4.78, 5) is 6.75. The summed E-state index contributed by atoms with van der Waals surface area (Å²) in [6.07, 6.45) is 14.8. The molecule has 2 aliphatic heterocycles. The summed E-state index contributed by atoms with van der Waals surface area (Å²) in [5, 5.41) is 0. The lowest BCUT2D eigenvalue weighted by atomic mass is 9.74. The number of unbranched alkanes of at least 4 members (excludes halogenated alkanes) is 1. The average Bonchev–Trinajstić information content (AvgIpc) is 3.54. The lowest BCUT2D eigenvalue weighted by Gasteiger charge is -2.43. The number of allylic oxidation sites excluding steroid dienone is 1. The first-order chi connectivity index (χ1) is 17.2. The molecular formula is C29H45N3O2S. The number of aryl methyl sites for hydroxylation is 1. The van der Waals surface area contributed by atoms with Gasteiger partial charge in [-0.1, -0.05) is 13.3 Å². The Labute approximate surface area is 216 Å². The van der Waals surface area contributed by atoms with Gasteiger partial charge in [-0.25, -0.2) is 0 Å². The number of aromatic nitrogens is 1. The minimum atomic E-state index is 0.339. The molecule has 0 aromatic carbocycles. The number of anilines is 1. The highest BCUT2D eigenvalue weighted by atomic mass is 32.1. The average molecular weight is 500 g/mol. The Kier molecular flexibility index (Phi) is 7.42. The first kappa shape index (κ1) is 24.2. The van der Waals surface area contributed by atoms with Crippen molar-refractivity contribution in [2.24, 2.45) is 17.8 Å². The number of rotatable bonds is 7. The molecule has 1 aromatic heterocycles. The van der Waals surface area contributed by atoms with Crippen molar-refractivity contribution in [3.8, 4) is 0 Å². The number of fused-ring (bicyclic) bond motifs is 3. The molecule has 35 heavy (non-hydrogen) atoms.